The maximum absolute atomic E-state index is 13.5. The highest BCUT2D eigenvalue weighted by atomic mass is 35.5. The number of aromatic nitrogens is 2. The molecule has 0 bridgehead atoms. The Morgan fingerprint density at radius 2 is 1.90 bits per heavy atom. The number of hydrogen-bond donors (Lipinski definition) is 2. The second kappa shape index (κ2) is 5.56. The highest BCUT2D eigenvalue weighted by Gasteiger charge is 2.17. The number of amides is 1. The third kappa shape index (κ3) is 2.78. The molecular weight excluding hydrogens is 313 g/mol. The largest absolute Gasteiger partial charge is 0.396 e. The topological polar surface area (TPSA) is 80.9 Å². The molecule has 0 atom stereocenters. The number of nitrogens with two attached hydrogens (primary N) is 1. The number of benzene rings is 1. The summed E-state index contributed by atoms with van der Waals surface area (Å²) in [6.07, 6.45) is 1.07. The van der Waals surface area contributed by atoms with Crippen molar-refractivity contribution in [3.8, 4) is 0 Å². The van der Waals surface area contributed by atoms with Crippen molar-refractivity contribution in [1.82, 2.24) is 9.97 Å². The van der Waals surface area contributed by atoms with Gasteiger partial charge in [-0.1, -0.05) is 23.2 Å². The average Bonchev–Trinajstić information content (AvgIpc) is 2.39. The molecule has 5 nitrogen and oxygen atoms in total. The zero-order valence-electron chi connectivity index (χ0n) is 9.62. The number of nitrogen functional groups attached to an aromatic ring is 1. The highest BCUT2D eigenvalue weighted by molar-refractivity contribution is 6.43. The van der Waals surface area contributed by atoms with Gasteiger partial charge in [-0.25, -0.2) is 18.7 Å². The molecule has 1 amide bonds. The number of carbonyl (C=O) groups is 1. The second-order valence-corrected chi connectivity index (χ2v) is 4.37. The van der Waals surface area contributed by atoms with E-state index in [0.29, 0.717) is 6.07 Å². The fourth-order valence-electron chi connectivity index (χ4n) is 1.35. The third-order valence-electron chi connectivity index (χ3n) is 2.31. The van der Waals surface area contributed by atoms with Gasteiger partial charge in [0.15, 0.2) is 11.0 Å². The van der Waals surface area contributed by atoms with E-state index in [1.54, 1.807) is 0 Å². The second-order valence-electron chi connectivity index (χ2n) is 3.63. The van der Waals surface area contributed by atoms with Crippen molar-refractivity contribution < 1.29 is 13.6 Å². The molecule has 3 N–H and O–H groups in total. The van der Waals surface area contributed by atoms with Crippen LogP contribution in [0.4, 0.5) is 20.3 Å². The smallest absolute Gasteiger partial charge is 0.259 e. The summed E-state index contributed by atoms with van der Waals surface area (Å²) in [5.41, 5.74) is 4.47. The SMILES string of the molecule is Nc1cc(C(=O)Nc2ncnc(Cl)c2Cl)c(F)cc1F. The van der Waals surface area contributed by atoms with Gasteiger partial charge in [0.2, 0.25) is 0 Å². The quantitative estimate of drug-likeness (QED) is 0.659. The Hall–Kier alpha value is -1.99. The van der Waals surface area contributed by atoms with E-state index in [1.807, 2.05) is 0 Å². The van der Waals surface area contributed by atoms with Gasteiger partial charge in [-0.2, -0.15) is 0 Å². The maximum Gasteiger partial charge on any atom is 0.259 e. The van der Waals surface area contributed by atoms with Gasteiger partial charge in [0, 0.05) is 6.07 Å². The molecule has 0 unspecified atom stereocenters. The van der Waals surface area contributed by atoms with Crippen LogP contribution in [0.1, 0.15) is 10.4 Å². The van der Waals surface area contributed by atoms with Crippen LogP contribution in [0.3, 0.4) is 0 Å². The van der Waals surface area contributed by atoms with Gasteiger partial charge in [-0.15, -0.1) is 0 Å². The lowest BCUT2D eigenvalue weighted by atomic mass is 10.1. The van der Waals surface area contributed by atoms with Gasteiger partial charge >= 0.3 is 0 Å². The molecule has 104 valence electrons. The van der Waals surface area contributed by atoms with Crippen molar-refractivity contribution in [2.24, 2.45) is 0 Å². The maximum atomic E-state index is 13.5. The third-order valence-corrected chi connectivity index (χ3v) is 3.05. The van der Waals surface area contributed by atoms with Gasteiger partial charge in [0.05, 0.1) is 11.3 Å². The van der Waals surface area contributed by atoms with Crippen LogP contribution in [0.2, 0.25) is 10.2 Å². The van der Waals surface area contributed by atoms with Gasteiger partial charge in [0.25, 0.3) is 5.91 Å². The lowest BCUT2D eigenvalue weighted by molar-refractivity contribution is 0.102. The molecule has 0 spiro atoms. The Morgan fingerprint density at radius 3 is 2.60 bits per heavy atom. The van der Waals surface area contributed by atoms with E-state index < -0.39 is 23.1 Å². The summed E-state index contributed by atoms with van der Waals surface area (Å²) in [6.45, 7) is 0. The Kier molecular flexibility index (Phi) is 4.01. The van der Waals surface area contributed by atoms with Gasteiger partial charge in [-0.05, 0) is 6.07 Å². The van der Waals surface area contributed by atoms with E-state index in [4.69, 9.17) is 28.9 Å². The Morgan fingerprint density at radius 1 is 1.20 bits per heavy atom. The molecule has 0 aliphatic carbocycles. The lowest BCUT2D eigenvalue weighted by Crippen LogP contribution is -2.16. The fraction of sp³-hybridized carbons (Fsp3) is 0. The van der Waals surface area contributed by atoms with Crippen LogP contribution >= 0.6 is 23.2 Å². The highest BCUT2D eigenvalue weighted by Crippen LogP contribution is 2.26. The number of nitrogens with one attached hydrogen (secondary N) is 1. The molecular formula is C11H6Cl2F2N4O. The Labute approximate surface area is 121 Å². The molecule has 0 aliphatic rings. The van der Waals surface area contributed by atoms with Crippen LogP contribution in [0.5, 0.6) is 0 Å². The van der Waals surface area contributed by atoms with Crippen LogP contribution in [-0.2, 0) is 0 Å². The van der Waals surface area contributed by atoms with E-state index in [2.05, 4.69) is 15.3 Å². The molecule has 0 radical (unpaired) electrons. The molecule has 0 aliphatic heterocycles. The number of carbonyl (C=O) groups excluding carboxylic acids is 1. The minimum absolute atomic E-state index is 0.0731. The molecule has 9 heteroatoms. The lowest BCUT2D eigenvalue weighted by Gasteiger charge is -2.08. The zero-order chi connectivity index (χ0) is 14.9. The monoisotopic (exact) mass is 318 g/mol. The van der Waals surface area contributed by atoms with Gasteiger partial charge in [0.1, 0.15) is 23.0 Å². The number of nitrogens with zero attached hydrogens (tertiary/aromatic N) is 2. The van der Waals surface area contributed by atoms with Crippen molar-refractivity contribution in [3.05, 3.63) is 45.8 Å². The first-order valence-electron chi connectivity index (χ1n) is 5.12. The summed E-state index contributed by atoms with van der Waals surface area (Å²) in [5.74, 6) is -3.02. The van der Waals surface area contributed by atoms with Crippen molar-refractivity contribution in [2.45, 2.75) is 0 Å². The van der Waals surface area contributed by atoms with Crippen molar-refractivity contribution in [1.29, 1.82) is 0 Å². The summed E-state index contributed by atoms with van der Waals surface area (Å²) >= 11 is 11.4. The number of rotatable bonds is 2. The molecule has 1 aromatic carbocycles. The van der Waals surface area contributed by atoms with Crippen LogP contribution in [0, 0.1) is 11.6 Å². The van der Waals surface area contributed by atoms with Crippen LogP contribution in [-0.4, -0.2) is 15.9 Å². The predicted molar refractivity (Wildman–Crippen MR) is 70.8 cm³/mol. The normalized spacial score (nSPS) is 10.4. The Bertz CT molecular complexity index is 696. The van der Waals surface area contributed by atoms with E-state index in [0.717, 1.165) is 12.4 Å². The average molecular weight is 319 g/mol. The number of anilines is 2. The number of hydrogen-bond acceptors (Lipinski definition) is 4. The van der Waals surface area contributed by atoms with Gasteiger partial charge < -0.3 is 11.1 Å². The van der Waals surface area contributed by atoms with Crippen molar-refractivity contribution in [2.75, 3.05) is 11.1 Å². The summed E-state index contributed by atoms with van der Waals surface area (Å²) < 4.78 is 26.5. The zero-order valence-corrected chi connectivity index (χ0v) is 11.1. The molecule has 2 rings (SSSR count). The van der Waals surface area contributed by atoms with E-state index >= 15 is 0 Å². The van der Waals surface area contributed by atoms with Crippen LogP contribution < -0.4 is 11.1 Å². The van der Waals surface area contributed by atoms with E-state index in [1.165, 1.54) is 0 Å². The van der Waals surface area contributed by atoms with Crippen LogP contribution in [0.25, 0.3) is 0 Å². The van der Waals surface area contributed by atoms with E-state index in [-0.39, 0.29) is 21.7 Å². The summed E-state index contributed by atoms with van der Waals surface area (Å²) in [4.78, 5) is 19.1. The molecule has 20 heavy (non-hydrogen) atoms. The summed E-state index contributed by atoms with van der Waals surface area (Å²) in [7, 11) is 0. The molecule has 0 saturated carbocycles. The molecule has 0 fully saturated rings. The first kappa shape index (κ1) is 14.4. The van der Waals surface area contributed by atoms with E-state index in [9.17, 15) is 13.6 Å². The summed E-state index contributed by atoms with van der Waals surface area (Å²) in [6, 6.07) is 1.38. The molecule has 0 saturated heterocycles. The number of halogens is 4. The van der Waals surface area contributed by atoms with Crippen molar-refractivity contribution in [3.63, 3.8) is 0 Å². The Balaban J connectivity index is 2.33. The van der Waals surface area contributed by atoms with Gasteiger partial charge in [-0.3, -0.25) is 4.79 Å². The minimum Gasteiger partial charge on any atom is -0.396 e. The van der Waals surface area contributed by atoms with Crippen LogP contribution in [0.15, 0.2) is 18.5 Å². The summed E-state index contributed by atoms with van der Waals surface area (Å²) in [5, 5.41) is 2.06. The minimum atomic E-state index is -1.06. The van der Waals surface area contributed by atoms with Crippen molar-refractivity contribution >= 4 is 40.6 Å². The first-order valence-corrected chi connectivity index (χ1v) is 5.87. The first-order chi connectivity index (χ1) is 9.40. The predicted octanol–water partition coefficient (Wildman–Crippen LogP) is 2.90. The molecule has 2 aromatic rings. The fourth-order valence-corrected chi connectivity index (χ4v) is 1.63. The standard InChI is InChI=1S/C11H6Cl2F2N4O/c12-8-9(13)17-3-18-10(8)19-11(20)4-1-7(16)6(15)2-5(4)14/h1-3H,16H2,(H,17,18,19,20). The molecule has 1 heterocycles. The molecule has 1 aromatic heterocycles.